The van der Waals surface area contributed by atoms with Gasteiger partial charge in [-0.2, -0.15) is 16.4 Å². The van der Waals surface area contributed by atoms with Crippen molar-refractivity contribution in [2.24, 2.45) is 0 Å². The lowest BCUT2D eigenvalue weighted by molar-refractivity contribution is -0.123. The average Bonchev–Trinajstić information content (AvgIpc) is 3.02. The Bertz CT molecular complexity index is 805. The first-order valence-corrected chi connectivity index (χ1v) is 9.19. The number of carbonyl (C=O) groups excluding carboxylic acids is 1. The molecule has 1 aromatic carbocycles. The smallest absolute Gasteiger partial charge is 0.230 e. The van der Waals surface area contributed by atoms with Crippen LogP contribution in [-0.4, -0.2) is 22.2 Å². The van der Waals surface area contributed by atoms with Gasteiger partial charge in [-0.15, -0.1) is 0 Å². The molecule has 6 heteroatoms. The van der Waals surface area contributed by atoms with Gasteiger partial charge in [-0.1, -0.05) is 12.1 Å². The molecule has 1 amide bonds. The van der Waals surface area contributed by atoms with Crippen LogP contribution >= 0.6 is 11.3 Å². The summed E-state index contributed by atoms with van der Waals surface area (Å²) in [5.41, 5.74) is 1.51. The number of aromatic nitrogens is 2. The zero-order chi connectivity index (χ0) is 17.3. The maximum absolute atomic E-state index is 13.2. The van der Waals surface area contributed by atoms with Crippen molar-refractivity contribution in [3.05, 3.63) is 76.5 Å². The molecule has 3 aromatic rings. The largest absolute Gasteiger partial charge is 0.353 e. The first kappa shape index (κ1) is 16.0. The SMILES string of the molecule is O=C(NCC(c1ccsc1)n1cccn1)C1(c2ccc(F)cc2)CC1. The van der Waals surface area contributed by atoms with Crippen molar-refractivity contribution in [1.82, 2.24) is 15.1 Å². The van der Waals surface area contributed by atoms with E-state index in [0.29, 0.717) is 6.54 Å². The second-order valence-corrected chi connectivity index (χ2v) is 7.14. The highest BCUT2D eigenvalue weighted by Gasteiger charge is 2.51. The van der Waals surface area contributed by atoms with E-state index < -0.39 is 5.41 Å². The molecule has 1 fully saturated rings. The number of amides is 1. The lowest BCUT2D eigenvalue weighted by atomic mass is 9.95. The molecule has 1 unspecified atom stereocenters. The van der Waals surface area contributed by atoms with Gasteiger partial charge in [0.2, 0.25) is 5.91 Å². The number of hydrogen-bond donors (Lipinski definition) is 1. The highest BCUT2D eigenvalue weighted by Crippen LogP contribution is 2.48. The van der Waals surface area contributed by atoms with Gasteiger partial charge in [0.05, 0.1) is 11.5 Å². The van der Waals surface area contributed by atoms with Crippen molar-refractivity contribution in [3.63, 3.8) is 0 Å². The van der Waals surface area contributed by atoms with E-state index in [2.05, 4.69) is 21.9 Å². The normalized spacial score (nSPS) is 16.4. The zero-order valence-corrected chi connectivity index (χ0v) is 14.4. The van der Waals surface area contributed by atoms with Crippen LogP contribution in [0, 0.1) is 5.82 Å². The molecule has 128 valence electrons. The molecule has 0 bridgehead atoms. The van der Waals surface area contributed by atoms with E-state index >= 15 is 0 Å². The molecule has 1 aliphatic rings. The molecule has 25 heavy (non-hydrogen) atoms. The summed E-state index contributed by atoms with van der Waals surface area (Å²) in [5, 5.41) is 11.5. The van der Waals surface area contributed by atoms with E-state index in [-0.39, 0.29) is 17.8 Å². The first-order chi connectivity index (χ1) is 12.2. The predicted octanol–water partition coefficient (Wildman–Crippen LogP) is 3.52. The summed E-state index contributed by atoms with van der Waals surface area (Å²) in [5.74, 6) is -0.275. The fraction of sp³-hybridized carbons (Fsp3) is 0.263. The van der Waals surface area contributed by atoms with Crippen LogP contribution in [0.1, 0.15) is 30.0 Å². The molecular weight excluding hydrogens is 337 g/mol. The fourth-order valence-corrected chi connectivity index (χ4v) is 3.90. The molecule has 4 nitrogen and oxygen atoms in total. The Kier molecular flexibility index (Phi) is 4.13. The van der Waals surface area contributed by atoms with Crippen LogP contribution in [0.2, 0.25) is 0 Å². The Morgan fingerprint density at radius 2 is 2.12 bits per heavy atom. The van der Waals surface area contributed by atoms with Crippen molar-refractivity contribution in [3.8, 4) is 0 Å². The number of benzene rings is 1. The number of rotatable bonds is 6. The van der Waals surface area contributed by atoms with Gasteiger partial charge in [0.1, 0.15) is 5.82 Å². The number of carbonyl (C=O) groups is 1. The van der Waals surface area contributed by atoms with Crippen molar-refractivity contribution in [2.45, 2.75) is 24.3 Å². The van der Waals surface area contributed by atoms with E-state index in [1.807, 2.05) is 22.3 Å². The molecule has 1 N–H and O–H groups in total. The van der Waals surface area contributed by atoms with Crippen LogP contribution in [0.3, 0.4) is 0 Å². The van der Waals surface area contributed by atoms with E-state index in [1.165, 1.54) is 12.1 Å². The molecule has 2 aromatic heterocycles. The third-order valence-electron chi connectivity index (χ3n) is 4.81. The lowest BCUT2D eigenvalue weighted by Gasteiger charge is -2.21. The molecular formula is C19H18FN3OS. The third-order valence-corrected chi connectivity index (χ3v) is 5.51. The van der Waals surface area contributed by atoms with Crippen LogP contribution in [0.5, 0.6) is 0 Å². The Morgan fingerprint density at radius 3 is 2.72 bits per heavy atom. The van der Waals surface area contributed by atoms with Crippen LogP contribution in [0.25, 0.3) is 0 Å². The number of halogens is 1. The Balaban J connectivity index is 1.50. The molecule has 0 aliphatic heterocycles. The molecule has 1 aliphatic carbocycles. The average molecular weight is 355 g/mol. The third kappa shape index (κ3) is 3.09. The quantitative estimate of drug-likeness (QED) is 0.735. The topological polar surface area (TPSA) is 46.9 Å². The molecule has 0 spiro atoms. The second kappa shape index (κ2) is 6.44. The molecule has 1 saturated carbocycles. The Hall–Kier alpha value is -2.47. The number of nitrogens with zero attached hydrogens (tertiary/aromatic N) is 2. The minimum Gasteiger partial charge on any atom is -0.353 e. The van der Waals surface area contributed by atoms with Gasteiger partial charge in [-0.05, 0) is 59.0 Å². The molecule has 4 rings (SSSR count). The standard InChI is InChI=1S/C19H18FN3OS/c20-16-4-2-15(3-5-16)19(7-8-19)18(24)21-12-17(14-6-11-25-13-14)23-10-1-9-22-23/h1-6,9-11,13,17H,7-8,12H2,(H,21,24). The van der Waals surface area contributed by atoms with E-state index in [4.69, 9.17) is 0 Å². The summed E-state index contributed by atoms with van der Waals surface area (Å²) in [6, 6.07) is 10.2. The van der Waals surface area contributed by atoms with Crippen LogP contribution < -0.4 is 5.32 Å². The predicted molar refractivity (Wildman–Crippen MR) is 95.0 cm³/mol. The Labute approximate surface area is 149 Å². The zero-order valence-electron chi connectivity index (χ0n) is 13.6. The summed E-state index contributed by atoms with van der Waals surface area (Å²) in [6.07, 6.45) is 5.24. The highest BCUT2D eigenvalue weighted by molar-refractivity contribution is 7.07. The van der Waals surface area contributed by atoms with Gasteiger partial charge < -0.3 is 5.32 Å². The van der Waals surface area contributed by atoms with Gasteiger partial charge in [-0.3, -0.25) is 9.48 Å². The van der Waals surface area contributed by atoms with Crippen molar-refractivity contribution in [2.75, 3.05) is 6.54 Å². The van der Waals surface area contributed by atoms with Gasteiger partial charge in [0, 0.05) is 18.9 Å². The maximum Gasteiger partial charge on any atom is 0.230 e. The van der Waals surface area contributed by atoms with Gasteiger partial charge in [0.25, 0.3) is 0 Å². The van der Waals surface area contributed by atoms with E-state index in [0.717, 1.165) is 24.0 Å². The summed E-state index contributed by atoms with van der Waals surface area (Å²) in [7, 11) is 0. The van der Waals surface area contributed by atoms with Crippen LogP contribution in [-0.2, 0) is 10.2 Å². The lowest BCUT2D eigenvalue weighted by Crippen LogP contribution is -2.38. The summed E-state index contributed by atoms with van der Waals surface area (Å²) in [4.78, 5) is 12.8. The van der Waals surface area contributed by atoms with E-state index in [9.17, 15) is 9.18 Å². The minimum atomic E-state index is -0.503. The molecule has 0 saturated heterocycles. The highest BCUT2D eigenvalue weighted by atomic mass is 32.1. The molecule has 0 radical (unpaired) electrons. The second-order valence-electron chi connectivity index (χ2n) is 6.36. The maximum atomic E-state index is 13.2. The number of thiophene rings is 1. The summed E-state index contributed by atoms with van der Waals surface area (Å²) < 4.78 is 15.0. The fourth-order valence-electron chi connectivity index (χ4n) is 3.19. The van der Waals surface area contributed by atoms with Crippen LogP contribution in [0.15, 0.2) is 59.6 Å². The van der Waals surface area contributed by atoms with Gasteiger partial charge in [0.15, 0.2) is 0 Å². The van der Waals surface area contributed by atoms with Gasteiger partial charge >= 0.3 is 0 Å². The molecule has 2 heterocycles. The molecule has 1 atom stereocenters. The van der Waals surface area contributed by atoms with Gasteiger partial charge in [-0.25, -0.2) is 4.39 Å². The number of nitrogens with one attached hydrogen (secondary N) is 1. The number of hydrogen-bond acceptors (Lipinski definition) is 3. The van der Waals surface area contributed by atoms with Crippen LogP contribution in [0.4, 0.5) is 4.39 Å². The van der Waals surface area contributed by atoms with Crippen molar-refractivity contribution < 1.29 is 9.18 Å². The van der Waals surface area contributed by atoms with Crippen molar-refractivity contribution in [1.29, 1.82) is 0 Å². The van der Waals surface area contributed by atoms with Crippen molar-refractivity contribution >= 4 is 17.2 Å². The summed E-state index contributed by atoms with van der Waals surface area (Å²) in [6.45, 7) is 0.472. The summed E-state index contributed by atoms with van der Waals surface area (Å²) >= 11 is 1.63. The monoisotopic (exact) mass is 355 g/mol. The van der Waals surface area contributed by atoms with E-state index in [1.54, 1.807) is 29.7 Å². The Morgan fingerprint density at radius 1 is 1.32 bits per heavy atom. The minimum absolute atomic E-state index is 0.00601. The first-order valence-electron chi connectivity index (χ1n) is 8.25.